The normalized spacial score (nSPS) is 15.7. The molecule has 1 aliphatic heterocycles. The Morgan fingerprint density at radius 1 is 0.941 bits per heavy atom. The van der Waals surface area contributed by atoms with Gasteiger partial charge < -0.3 is 14.4 Å². The maximum Gasteiger partial charge on any atom is 0.230 e. The molecule has 172 valence electrons. The van der Waals surface area contributed by atoms with E-state index < -0.39 is 6.04 Å². The highest BCUT2D eigenvalue weighted by Gasteiger charge is 2.33. The summed E-state index contributed by atoms with van der Waals surface area (Å²) in [5.41, 5.74) is 1.71. The molecule has 0 unspecified atom stereocenters. The van der Waals surface area contributed by atoms with Crippen molar-refractivity contribution in [2.75, 3.05) is 31.1 Å². The van der Waals surface area contributed by atoms with Crippen molar-refractivity contribution in [1.82, 2.24) is 19.5 Å². The average molecular weight is 476 g/mol. The molecule has 1 atom stereocenters. The predicted molar refractivity (Wildman–Crippen MR) is 129 cm³/mol. The molecule has 1 aliphatic rings. The van der Waals surface area contributed by atoms with Gasteiger partial charge in [0.2, 0.25) is 16.7 Å². The highest BCUT2D eigenvalue weighted by Crippen LogP contribution is 2.41. The number of aromatic hydroxyl groups is 1. The van der Waals surface area contributed by atoms with Crippen LogP contribution >= 0.6 is 11.3 Å². The van der Waals surface area contributed by atoms with Crippen LogP contribution in [-0.4, -0.2) is 50.8 Å². The number of rotatable bonds is 5. The van der Waals surface area contributed by atoms with E-state index in [0.717, 1.165) is 26.2 Å². The Balaban J connectivity index is 1.36. The zero-order chi connectivity index (χ0) is 23.1. The van der Waals surface area contributed by atoms with Gasteiger partial charge in [-0.1, -0.05) is 47.7 Å². The van der Waals surface area contributed by atoms with Crippen LogP contribution in [0.1, 0.15) is 16.5 Å². The van der Waals surface area contributed by atoms with Gasteiger partial charge in [0, 0.05) is 37.4 Å². The molecule has 0 spiro atoms. The zero-order valence-electron chi connectivity index (χ0n) is 18.2. The highest BCUT2D eigenvalue weighted by atomic mass is 32.1. The van der Waals surface area contributed by atoms with Crippen molar-refractivity contribution in [3.05, 3.63) is 89.3 Å². The van der Waals surface area contributed by atoms with Crippen molar-refractivity contribution >= 4 is 22.0 Å². The number of para-hydroxylation sites is 1. The van der Waals surface area contributed by atoms with E-state index in [1.165, 1.54) is 27.6 Å². The number of fused-ring (bicyclic) bond motifs is 1. The number of furan rings is 1. The van der Waals surface area contributed by atoms with Crippen molar-refractivity contribution in [2.24, 2.45) is 0 Å². The van der Waals surface area contributed by atoms with Crippen molar-refractivity contribution in [3.8, 4) is 17.5 Å². The van der Waals surface area contributed by atoms with Gasteiger partial charge in [0.25, 0.3) is 0 Å². The van der Waals surface area contributed by atoms with Gasteiger partial charge in [0.05, 0.1) is 17.2 Å². The highest BCUT2D eigenvalue weighted by molar-refractivity contribution is 7.17. The van der Waals surface area contributed by atoms with Gasteiger partial charge in [0.1, 0.15) is 5.82 Å². The largest absolute Gasteiger partial charge is 0.492 e. The van der Waals surface area contributed by atoms with Gasteiger partial charge in [-0.2, -0.15) is 9.50 Å². The Morgan fingerprint density at radius 3 is 2.41 bits per heavy atom. The van der Waals surface area contributed by atoms with E-state index in [1.54, 1.807) is 30.5 Å². The Kier molecular flexibility index (Phi) is 5.27. The second kappa shape index (κ2) is 8.58. The number of hydrogen-bond donors (Lipinski definition) is 1. The Morgan fingerprint density at radius 2 is 1.71 bits per heavy atom. The second-order valence-corrected chi connectivity index (χ2v) is 9.19. The standard InChI is InChI=1S/C25H22FN5O2S/c26-19-10-5-4-9-18(19)21(30-14-12-29(13-15-30)17-7-2-1-3-8-17)22-24(32)31-25(34-22)27-23(28-31)20-11-6-16-33-20/h1-11,16,21,32H,12-15H2/t21-/m1/s1. The summed E-state index contributed by atoms with van der Waals surface area (Å²) in [6.07, 6.45) is 1.55. The minimum atomic E-state index is -0.445. The minimum Gasteiger partial charge on any atom is -0.492 e. The molecule has 6 rings (SSSR count). The molecule has 9 heteroatoms. The lowest BCUT2D eigenvalue weighted by Crippen LogP contribution is -2.48. The van der Waals surface area contributed by atoms with Crippen LogP contribution in [0.2, 0.25) is 0 Å². The lowest BCUT2D eigenvalue weighted by Gasteiger charge is -2.40. The quantitative estimate of drug-likeness (QED) is 0.394. The minimum absolute atomic E-state index is 0.0240. The van der Waals surface area contributed by atoms with Gasteiger partial charge in [-0.15, -0.1) is 5.10 Å². The predicted octanol–water partition coefficient (Wildman–Crippen LogP) is 4.81. The van der Waals surface area contributed by atoms with E-state index in [0.29, 0.717) is 27.0 Å². The van der Waals surface area contributed by atoms with Gasteiger partial charge in [-0.3, -0.25) is 4.90 Å². The number of hydrogen-bond acceptors (Lipinski definition) is 7. The van der Waals surface area contributed by atoms with Gasteiger partial charge >= 0.3 is 0 Å². The molecule has 4 heterocycles. The molecule has 1 saturated heterocycles. The molecule has 0 amide bonds. The third-order valence-corrected chi connectivity index (χ3v) is 7.26. The van der Waals surface area contributed by atoms with Crippen LogP contribution in [0.5, 0.6) is 5.88 Å². The summed E-state index contributed by atoms with van der Waals surface area (Å²) in [6.45, 7) is 3.05. The third-order valence-electron chi connectivity index (χ3n) is 6.19. The lowest BCUT2D eigenvalue weighted by molar-refractivity contribution is 0.208. The molecule has 3 aromatic heterocycles. The fraction of sp³-hybridized carbons (Fsp3) is 0.200. The monoisotopic (exact) mass is 475 g/mol. The molecular formula is C25H22FN5O2S. The fourth-order valence-electron chi connectivity index (χ4n) is 4.52. The average Bonchev–Trinajstić information content (AvgIpc) is 3.61. The SMILES string of the molecule is Oc1c([C@@H](c2ccccc2F)N2CCN(c3ccccc3)CC2)sc2nc(-c3ccco3)nn12. The molecule has 1 N–H and O–H groups in total. The first-order valence-corrected chi connectivity index (χ1v) is 11.9. The molecule has 7 nitrogen and oxygen atoms in total. The molecule has 1 fully saturated rings. The summed E-state index contributed by atoms with van der Waals surface area (Å²) in [5, 5.41) is 15.6. The number of benzene rings is 2. The molecule has 0 radical (unpaired) electrons. The van der Waals surface area contributed by atoms with E-state index >= 15 is 4.39 Å². The number of aromatic nitrogens is 3. The molecule has 0 bridgehead atoms. The number of piperazine rings is 1. The Bertz CT molecular complexity index is 1410. The third kappa shape index (κ3) is 3.63. The van der Waals surface area contributed by atoms with Gasteiger partial charge in [-0.25, -0.2) is 4.39 Å². The first-order valence-electron chi connectivity index (χ1n) is 11.1. The van der Waals surface area contributed by atoms with Crippen molar-refractivity contribution < 1.29 is 13.9 Å². The van der Waals surface area contributed by atoms with Gasteiger partial charge in [-0.05, 0) is 30.3 Å². The number of thiazole rings is 1. The van der Waals surface area contributed by atoms with E-state index in [9.17, 15) is 5.11 Å². The van der Waals surface area contributed by atoms with E-state index in [2.05, 4.69) is 32.0 Å². The fourth-order valence-corrected chi connectivity index (χ4v) is 5.62. The first-order chi connectivity index (χ1) is 16.7. The van der Waals surface area contributed by atoms with Crippen molar-refractivity contribution in [2.45, 2.75) is 6.04 Å². The summed E-state index contributed by atoms with van der Waals surface area (Å²) in [4.78, 5) is 10.2. The summed E-state index contributed by atoms with van der Waals surface area (Å²) in [5.74, 6) is 0.605. The van der Waals surface area contributed by atoms with Crippen LogP contribution in [-0.2, 0) is 0 Å². The van der Waals surface area contributed by atoms with Crippen LogP contribution in [0.25, 0.3) is 16.5 Å². The van der Waals surface area contributed by atoms with Crippen molar-refractivity contribution in [3.63, 3.8) is 0 Å². The summed E-state index contributed by atoms with van der Waals surface area (Å²) in [7, 11) is 0. The van der Waals surface area contributed by atoms with Crippen LogP contribution in [0.3, 0.4) is 0 Å². The maximum atomic E-state index is 15.0. The van der Waals surface area contributed by atoms with E-state index in [-0.39, 0.29) is 11.7 Å². The van der Waals surface area contributed by atoms with Crippen LogP contribution < -0.4 is 4.90 Å². The molecule has 5 aromatic rings. The van der Waals surface area contributed by atoms with Crippen molar-refractivity contribution in [1.29, 1.82) is 0 Å². The molecule has 34 heavy (non-hydrogen) atoms. The van der Waals surface area contributed by atoms with Crippen LogP contribution in [0.4, 0.5) is 10.1 Å². The van der Waals surface area contributed by atoms with Gasteiger partial charge in [0.15, 0.2) is 5.76 Å². The smallest absolute Gasteiger partial charge is 0.230 e. The summed E-state index contributed by atoms with van der Waals surface area (Å²) in [6, 6.07) is 20.1. The molecular weight excluding hydrogens is 453 g/mol. The number of anilines is 1. The lowest BCUT2D eigenvalue weighted by atomic mass is 10.0. The summed E-state index contributed by atoms with van der Waals surface area (Å²) >= 11 is 1.32. The Labute approximate surface area is 199 Å². The maximum absolute atomic E-state index is 15.0. The van der Waals surface area contributed by atoms with E-state index in [1.807, 2.05) is 24.3 Å². The zero-order valence-corrected chi connectivity index (χ0v) is 19.0. The number of nitrogens with zero attached hydrogens (tertiary/aromatic N) is 5. The van der Waals surface area contributed by atoms with Crippen LogP contribution in [0.15, 0.2) is 77.4 Å². The topological polar surface area (TPSA) is 70.0 Å². The Hall–Kier alpha value is -3.69. The molecule has 2 aromatic carbocycles. The van der Waals surface area contributed by atoms with Crippen LogP contribution in [0, 0.1) is 5.82 Å². The molecule has 0 aliphatic carbocycles. The summed E-state index contributed by atoms with van der Waals surface area (Å²) < 4.78 is 21.8. The number of halogens is 1. The molecule has 0 saturated carbocycles. The van der Waals surface area contributed by atoms with E-state index in [4.69, 9.17) is 4.42 Å². The first kappa shape index (κ1) is 20.9. The second-order valence-electron chi connectivity index (χ2n) is 8.18.